The van der Waals surface area contributed by atoms with Gasteiger partial charge in [0, 0.05) is 16.3 Å². The fourth-order valence-corrected chi connectivity index (χ4v) is 5.12. The smallest absolute Gasteiger partial charge is 0.261 e. The first-order valence-electron chi connectivity index (χ1n) is 8.56. The van der Waals surface area contributed by atoms with E-state index in [1.54, 1.807) is 46.9 Å². The van der Waals surface area contributed by atoms with Crippen molar-refractivity contribution in [2.24, 2.45) is 5.73 Å². The first-order chi connectivity index (χ1) is 13.1. The Hall–Kier alpha value is -2.64. The Balaban J connectivity index is 1.56. The number of thiophene rings is 2. The number of nitrogens with zero attached hydrogens (tertiary/aromatic N) is 1. The summed E-state index contributed by atoms with van der Waals surface area (Å²) in [6.07, 6.45) is 0.846. The molecule has 2 aromatic heterocycles. The Morgan fingerprint density at radius 2 is 1.96 bits per heavy atom. The Kier molecular flexibility index (Phi) is 4.96. The molecule has 1 unspecified atom stereocenters. The fourth-order valence-electron chi connectivity index (χ4n) is 3.36. The lowest BCUT2D eigenvalue weighted by Crippen LogP contribution is -2.42. The van der Waals surface area contributed by atoms with Crippen LogP contribution >= 0.6 is 22.7 Å². The van der Waals surface area contributed by atoms with Crippen molar-refractivity contribution in [1.29, 1.82) is 0 Å². The molecule has 1 aromatic carbocycles. The number of para-hydroxylation sites is 1. The number of hydrogen-bond donors (Lipinski definition) is 1. The van der Waals surface area contributed by atoms with E-state index in [-0.39, 0.29) is 24.1 Å². The van der Waals surface area contributed by atoms with Gasteiger partial charge in [0.1, 0.15) is 5.75 Å². The SMILES string of the molecule is NC(=O)c1ccccc1OCC(=O)N1CCc2sccc2C1c1cccs1. The second-order valence-electron chi connectivity index (χ2n) is 6.20. The highest BCUT2D eigenvalue weighted by atomic mass is 32.1. The van der Waals surface area contributed by atoms with Crippen LogP contribution in [0.2, 0.25) is 0 Å². The lowest BCUT2D eigenvalue weighted by Gasteiger charge is -2.35. The Labute approximate surface area is 165 Å². The second-order valence-corrected chi connectivity index (χ2v) is 8.18. The summed E-state index contributed by atoms with van der Waals surface area (Å²) in [5, 5.41) is 4.11. The number of ether oxygens (including phenoxy) is 1. The summed E-state index contributed by atoms with van der Waals surface area (Å²) in [6.45, 7) is 0.515. The van der Waals surface area contributed by atoms with Crippen molar-refractivity contribution in [1.82, 2.24) is 4.90 Å². The first kappa shape index (κ1) is 17.8. The summed E-state index contributed by atoms with van der Waals surface area (Å²) in [5.74, 6) is -0.348. The van der Waals surface area contributed by atoms with Crippen LogP contribution in [-0.2, 0) is 11.2 Å². The van der Waals surface area contributed by atoms with Crippen molar-refractivity contribution in [3.63, 3.8) is 0 Å². The van der Waals surface area contributed by atoms with Gasteiger partial charge in [-0.25, -0.2) is 0 Å². The van der Waals surface area contributed by atoms with Gasteiger partial charge in [0.25, 0.3) is 11.8 Å². The van der Waals surface area contributed by atoms with Gasteiger partial charge in [-0.1, -0.05) is 18.2 Å². The number of fused-ring (bicyclic) bond motifs is 1. The minimum absolute atomic E-state index is 0.0810. The zero-order chi connectivity index (χ0) is 18.8. The number of nitrogens with two attached hydrogens (primary N) is 1. The zero-order valence-corrected chi connectivity index (χ0v) is 16.1. The normalized spacial score (nSPS) is 16.0. The molecule has 4 rings (SSSR count). The minimum atomic E-state index is -0.574. The maximum Gasteiger partial charge on any atom is 0.261 e. The van der Waals surface area contributed by atoms with E-state index in [1.807, 2.05) is 16.3 Å². The third kappa shape index (κ3) is 3.48. The number of amides is 2. The van der Waals surface area contributed by atoms with Crippen LogP contribution < -0.4 is 10.5 Å². The molecule has 1 aliphatic heterocycles. The molecule has 0 saturated heterocycles. The number of primary amides is 1. The van der Waals surface area contributed by atoms with Crippen LogP contribution in [0.4, 0.5) is 0 Å². The van der Waals surface area contributed by atoms with Gasteiger partial charge in [-0.05, 0) is 47.0 Å². The van der Waals surface area contributed by atoms with E-state index in [4.69, 9.17) is 10.5 Å². The average Bonchev–Trinajstić information content (AvgIpc) is 3.37. The highest BCUT2D eigenvalue weighted by molar-refractivity contribution is 7.10. The third-order valence-corrected chi connectivity index (χ3v) is 6.52. The molecule has 0 aliphatic carbocycles. The molecule has 3 heterocycles. The second kappa shape index (κ2) is 7.54. The molecule has 138 valence electrons. The molecule has 0 bridgehead atoms. The van der Waals surface area contributed by atoms with Crippen LogP contribution in [0.1, 0.15) is 31.7 Å². The van der Waals surface area contributed by atoms with Crippen molar-refractivity contribution in [3.05, 3.63) is 74.1 Å². The molecule has 1 atom stereocenters. The molecular formula is C20H18N2O3S2. The van der Waals surface area contributed by atoms with Crippen molar-refractivity contribution in [2.75, 3.05) is 13.2 Å². The number of carbonyl (C=O) groups is 2. The summed E-state index contributed by atoms with van der Waals surface area (Å²) >= 11 is 3.39. The van der Waals surface area contributed by atoms with Gasteiger partial charge < -0.3 is 15.4 Å². The molecule has 1 aliphatic rings. The van der Waals surface area contributed by atoms with Gasteiger partial charge in [-0.3, -0.25) is 9.59 Å². The molecule has 5 nitrogen and oxygen atoms in total. The molecule has 0 saturated carbocycles. The summed E-state index contributed by atoms with van der Waals surface area (Å²) in [7, 11) is 0. The maximum absolute atomic E-state index is 13.0. The quantitative estimate of drug-likeness (QED) is 0.715. The summed E-state index contributed by atoms with van der Waals surface area (Å²) in [6, 6.07) is 12.8. The number of carbonyl (C=O) groups excluding carboxylic acids is 2. The van der Waals surface area contributed by atoms with Crippen molar-refractivity contribution in [3.8, 4) is 5.75 Å². The molecule has 0 fully saturated rings. The minimum Gasteiger partial charge on any atom is -0.483 e. The molecule has 3 aromatic rings. The molecule has 0 spiro atoms. The largest absolute Gasteiger partial charge is 0.483 e. The molecular weight excluding hydrogens is 380 g/mol. The summed E-state index contributed by atoms with van der Waals surface area (Å²) in [4.78, 5) is 28.9. The highest BCUT2D eigenvalue weighted by Gasteiger charge is 2.33. The number of rotatable bonds is 5. The van der Waals surface area contributed by atoms with Gasteiger partial charge in [-0.2, -0.15) is 0 Å². The topological polar surface area (TPSA) is 72.6 Å². The van der Waals surface area contributed by atoms with Crippen LogP contribution in [0.15, 0.2) is 53.2 Å². The average molecular weight is 399 g/mol. The zero-order valence-electron chi connectivity index (χ0n) is 14.5. The van der Waals surface area contributed by atoms with Crippen LogP contribution in [0.5, 0.6) is 5.75 Å². The van der Waals surface area contributed by atoms with Gasteiger partial charge in [0.15, 0.2) is 6.61 Å². The summed E-state index contributed by atoms with van der Waals surface area (Å²) in [5.41, 5.74) is 6.85. The lowest BCUT2D eigenvalue weighted by atomic mass is 9.98. The Morgan fingerprint density at radius 3 is 2.74 bits per heavy atom. The fraction of sp³-hybridized carbons (Fsp3) is 0.200. The van der Waals surface area contributed by atoms with E-state index >= 15 is 0 Å². The Bertz CT molecular complexity index is 965. The van der Waals surface area contributed by atoms with E-state index in [1.165, 1.54) is 10.4 Å². The van der Waals surface area contributed by atoms with E-state index in [9.17, 15) is 9.59 Å². The van der Waals surface area contributed by atoms with E-state index in [0.29, 0.717) is 12.3 Å². The lowest BCUT2D eigenvalue weighted by molar-refractivity contribution is -0.135. The highest BCUT2D eigenvalue weighted by Crippen LogP contribution is 2.39. The van der Waals surface area contributed by atoms with E-state index in [0.717, 1.165) is 11.3 Å². The van der Waals surface area contributed by atoms with Crippen molar-refractivity contribution >= 4 is 34.5 Å². The number of benzene rings is 1. The predicted molar refractivity (Wildman–Crippen MR) is 106 cm³/mol. The van der Waals surface area contributed by atoms with Gasteiger partial charge in [0.2, 0.25) is 0 Å². The molecule has 27 heavy (non-hydrogen) atoms. The standard InChI is InChI=1S/C20H18N2O3S2/c21-20(24)13-4-1-2-5-15(13)25-12-18(23)22-9-7-16-14(8-11-27-16)19(22)17-6-3-10-26-17/h1-6,8,10-11,19H,7,9,12H2,(H2,21,24). The maximum atomic E-state index is 13.0. The van der Waals surface area contributed by atoms with Crippen molar-refractivity contribution < 1.29 is 14.3 Å². The number of hydrogen-bond acceptors (Lipinski definition) is 5. The van der Waals surface area contributed by atoms with Crippen LogP contribution in [0, 0.1) is 0 Å². The van der Waals surface area contributed by atoms with Crippen molar-refractivity contribution in [2.45, 2.75) is 12.5 Å². The van der Waals surface area contributed by atoms with Crippen LogP contribution in [-0.4, -0.2) is 29.9 Å². The van der Waals surface area contributed by atoms with Gasteiger partial charge >= 0.3 is 0 Å². The molecule has 0 radical (unpaired) electrons. The van der Waals surface area contributed by atoms with E-state index < -0.39 is 5.91 Å². The Morgan fingerprint density at radius 1 is 1.11 bits per heavy atom. The predicted octanol–water partition coefficient (Wildman–Crippen LogP) is 3.46. The van der Waals surface area contributed by atoms with Crippen LogP contribution in [0.3, 0.4) is 0 Å². The summed E-state index contributed by atoms with van der Waals surface area (Å²) < 4.78 is 5.66. The monoisotopic (exact) mass is 398 g/mol. The van der Waals surface area contributed by atoms with E-state index in [2.05, 4.69) is 17.5 Å². The van der Waals surface area contributed by atoms with Gasteiger partial charge in [-0.15, -0.1) is 22.7 Å². The molecule has 7 heteroatoms. The first-order valence-corrected chi connectivity index (χ1v) is 10.3. The third-order valence-electron chi connectivity index (χ3n) is 4.60. The van der Waals surface area contributed by atoms with Gasteiger partial charge in [0.05, 0.1) is 11.6 Å². The molecule has 2 amide bonds. The van der Waals surface area contributed by atoms with Crippen LogP contribution in [0.25, 0.3) is 0 Å². The molecule has 2 N–H and O–H groups in total.